The van der Waals surface area contributed by atoms with Gasteiger partial charge in [-0.15, -0.1) is 0 Å². The van der Waals surface area contributed by atoms with Gasteiger partial charge < -0.3 is 15.7 Å². The van der Waals surface area contributed by atoms with Gasteiger partial charge >= 0.3 is 0 Å². The molecule has 10 nitrogen and oxygen atoms in total. The van der Waals surface area contributed by atoms with Crippen LogP contribution in [0.1, 0.15) is 49.2 Å². The molecule has 4 aromatic heterocycles. The number of aliphatic hydroxyl groups excluding tert-OH is 1. The lowest BCUT2D eigenvalue weighted by Gasteiger charge is -2.32. The predicted octanol–water partition coefficient (Wildman–Crippen LogP) is 3.73. The van der Waals surface area contributed by atoms with Gasteiger partial charge in [0.15, 0.2) is 11.6 Å². The summed E-state index contributed by atoms with van der Waals surface area (Å²) in [5.41, 5.74) is 11.3. The minimum absolute atomic E-state index is 0.0558. The van der Waals surface area contributed by atoms with Crippen molar-refractivity contribution in [1.82, 2.24) is 34.3 Å². The maximum Gasteiger partial charge on any atom is 0.156 e. The van der Waals surface area contributed by atoms with E-state index in [0.717, 1.165) is 65.0 Å². The van der Waals surface area contributed by atoms with Crippen molar-refractivity contribution < 1.29 is 9.50 Å². The van der Waals surface area contributed by atoms with E-state index in [2.05, 4.69) is 42.2 Å². The number of hydrogen-bond donors (Lipinski definition) is 2. The Morgan fingerprint density at radius 2 is 1.78 bits per heavy atom. The van der Waals surface area contributed by atoms with Crippen LogP contribution >= 0.6 is 0 Å². The molecule has 41 heavy (non-hydrogen) atoms. The lowest BCUT2D eigenvalue weighted by molar-refractivity contribution is 0.0254. The smallest absolute Gasteiger partial charge is 0.156 e. The molecule has 2 aliphatic rings. The van der Waals surface area contributed by atoms with E-state index in [0.29, 0.717) is 12.4 Å². The van der Waals surface area contributed by atoms with Crippen LogP contribution in [-0.4, -0.2) is 58.6 Å². The van der Waals surface area contributed by atoms with Gasteiger partial charge in [-0.2, -0.15) is 10.2 Å². The third-order valence-electron chi connectivity index (χ3n) is 8.35. The highest BCUT2D eigenvalue weighted by Gasteiger charge is 2.31. The van der Waals surface area contributed by atoms with Gasteiger partial charge in [-0.3, -0.25) is 4.68 Å². The molecule has 0 bridgehead atoms. The van der Waals surface area contributed by atoms with E-state index in [9.17, 15) is 9.50 Å². The molecule has 0 radical (unpaired) electrons. The highest BCUT2D eigenvalue weighted by molar-refractivity contribution is 5.78. The van der Waals surface area contributed by atoms with Gasteiger partial charge in [0.1, 0.15) is 17.7 Å². The Labute approximate surface area is 236 Å². The van der Waals surface area contributed by atoms with Crippen LogP contribution in [0.3, 0.4) is 0 Å². The van der Waals surface area contributed by atoms with Crippen molar-refractivity contribution in [2.24, 2.45) is 5.73 Å². The van der Waals surface area contributed by atoms with E-state index in [-0.39, 0.29) is 18.0 Å². The van der Waals surface area contributed by atoms with E-state index in [1.807, 2.05) is 34.7 Å². The summed E-state index contributed by atoms with van der Waals surface area (Å²) in [4.78, 5) is 16.1. The summed E-state index contributed by atoms with van der Waals surface area (Å²) in [7, 11) is 0. The minimum Gasteiger partial charge on any atom is -0.391 e. The third-order valence-corrected chi connectivity index (χ3v) is 8.35. The Hall–Kier alpha value is -4.48. The van der Waals surface area contributed by atoms with Crippen LogP contribution in [0, 0.1) is 5.82 Å². The van der Waals surface area contributed by atoms with Crippen molar-refractivity contribution in [3.63, 3.8) is 0 Å². The summed E-state index contributed by atoms with van der Waals surface area (Å²) in [5, 5.41) is 18.9. The Morgan fingerprint density at radius 1 is 0.976 bits per heavy atom. The zero-order chi connectivity index (χ0) is 28.1. The predicted molar refractivity (Wildman–Crippen MR) is 152 cm³/mol. The van der Waals surface area contributed by atoms with E-state index in [1.165, 1.54) is 12.1 Å². The molecule has 0 amide bonds. The van der Waals surface area contributed by atoms with Crippen molar-refractivity contribution in [3.05, 3.63) is 96.5 Å². The molecule has 0 unspecified atom stereocenters. The topological polar surface area (TPSA) is 123 Å². The average Bonchev–Trinajstić information content (AvgIpc) is 3.64. The summed E-state index contributed by atoms with van der Waals surface area (Å²) in [6.45, 7) is 3.29. The van der Waals surface area contributed by atoms with Crippen molar-refractivity contribution in [3.8, 4) is 11.1 Å². The summed E-state index contributed by atoms with van der Waals surface area (Å²) in [5.74, 6) is 1.24. The Morgan fingerprint density at radius 3 is 2.46 bits per heavy atom. The van der Waals surface area contributed by atoms with E-state index in [1.54, 1.807) is 30.9 Å². The third kappa shape index (κ3) is 4.56. The number of rotatable bonds is 6. The normalized spacial score (nSPS) is 20.5. The van der Waals surface area contributed by atoms with E-state index in [4.69, 9.17) is 5.73 Å². The number of benzene rings is 1. The van der Waals surface area contributed by atoms with Gasteiger partial charge in [-0.25, -0.2) is 23.9 Å². The quantitative estimate of drug-likeness (QED) is 0.327. The number of halogens is 1. The van der Waals surface area contributed by atoms with E-state index < -0.39 is 5.54 Å². The number of anilines is 1. The summed E-state index contributed by atoms with van der Waals surface area (Å²) < 4.78 is 17.1. The molecule has 7 rings (SSSR count). The Balaban J connectivity index is 1.09. The molecule has 1 aliphatic heterocycles. The Bertz CT molecular complexity index is 1740. The summed E-state index contributed by atoms with van der Waals surface area (Å²) in [6.07, 6.45) is 15.2. The molecule has 1 saturated carbocycles. The Kier molecular flexibility index (Phi) is 6.13. The standard InChI is InChI=1S/C30H30FN9O/c1-30(32,22-2-4-24(31)5-3-22)23-14-33-28(34-15-23)19-8-10-38(11-9-19)29-26-12-20(16-40(26)37-18-35-29)21-13-36-39(17-21)25-6-7-27(25)41/h2-5,8,12-18,25,27,41H,6-7,9-11,32H2,1H3/t25-,27-,30-/m0/s1. The monoisotopic (exact) mass is 551 g/mol. The second-order valence-electron chi connectivity index (χ2n) is 11.0. The largest absolute Gasteiger partial charge is 0.391 e. The number of aromatic nitrogens is 7. The van der Waals surface area contributed by atoms with Crippen molar-refractivity contribution in [2.75, 3.05) is 18.0 Å². The first kappa shape index (κ1) is 25.5. The van der Waals surface area contributed by atoms with Crippen molar-refractivity contribution in [1.29, 1.82) is 0 Å². The number of nitrogens with two attached hydrogens (primary N) is 1. The molecule has 1 aromatic carbocycles. The van der Waals surface area contributed by atoms with Crippen molar-refractivity contribution in [2.45, 2.75) is 43.9 Å². The van der Waals surface area contributed by atoms with Crippen LogP contribution in [0.4, 0.5) is 10.2 Å². The van der Waals surface area contributed by atoms with Crippen LogP contribution < -0.4 is 10.6 Å². The maximum atomic E-state index is 13.4. The first-order valence-corrected chi connectivity index (χ1v) is 13.7. The lowest BCUT2D eigenvalue weighted by Crippen LogP contribution is -2.34. The van der Waals surface area contributed by atoms with Gasteiger partial charge in [0.2, 0.25) is 0 Å². The van der Waals surface area contributed by atoms with Crippen LogP contribution in [0.5, 0.6) is 0 Å². The maximum absolute atomic E-state index is 13.4. The number of hydrogen-bond acceptors (Lipinski definition) is 8. The molecule has 5 heterocycles. The fraction of sp³-hybridized carbons (Fsp3) is 0.300. The summed E-state index contributed by atoms with van der Waals surface area (Å²) in [6, 6.07) is 8.33. The highest BCUT2D eigenvalue weighted by Crippen LogP contribution is 2.34. The first-order valence-electron chi connectivity index (χ1n) is 13.7. The molecule has 3 atom stereocenters. The lowest BCUT2D eigenvalue weighted by atomic mass is 9.87. The number of fused-ring (bicyclic) bond motifs is 1. The molecule has 0 spiro atoms. The van der Waals surface area contributed by atoms with Gasteiger partial charge in [-0.1, -0.05) is 18.2 Å². The molecule has 3 N–H and O–H groups in total. The van der Waals surface area contributed by atoms with Gasteiger partial charge in [0.25, 0.3) is 0 Å². The molecule has 1 aliphatic carbocycles. The second-order valence-corrected chi connectivity index (χ2v) is 11.0. The molecule has 208 valence electrons. The zero-order valence-electron chi connectivity index (χ0n) is 22.6. The SMILES string of the molecule is C[C@](N)(c1ccc(F)cc1)c1cnc(C2=CCN(c3ncnn4cc(-c5cnn([C@H]6CC[C@@H]6O)c5)cc34)CC2)nc1. The van der Waals surface area contributed by atoms with Crippen molar-refractivity contribution >= 4 is 16.9 Å². The highest BCUT2D eigenvalue weighted by atomic mass is 19.1. The molecular weight excluding hydrogens is 521 g/mol. The van der Waals surface area contributed by atoms with Crippen LogP contribution in [-0.2, 0) is 5.54 Å². The molecular formula is C30H30FN9O. The average molecular weight is 552 g/mol. The fourth-order valence-electron chi connectivity index (χ4n) is 5.55. The minimum atomic E-state index is -0.838. The molecule has 1 fully saturated rings. The van der Waals surface area contributed by atoms with Gasteiger partial charge in [0, 0.05) is 54.6 Å². The fourth-order valence-corrected chi connectivity index (χ4v) is 5.55. The van der Waals surface area contributed by atoms with Crippen LogP contribution in [0.15, 0.2) is 73.7 Å². The van der Waals surface area contributed by atoms with Crippen LogP contribution in [0.25, 0.3) is 22.2 Å². The second kappa shape index (κ2) is 9.86. The zero-order valence-corrected chi connectivity index (χ0v) is 22.6. The summed E-state index contributed by atoms with van der Waals surface area (Å²) >= 11 is 0. The van der Waals surface area contributed by atoms with Crippen LogP contribution in [0.2, 0.25) is 0 Å². The molecule has 0 saturated heterocycles. The van der Waals surface area contributed by atoms with E-state index >= 15 is 0 Å². The molecule has 5 aromatic rings. The van der Waals surface area contributed by atoms with Gasteiger partial charge in [-0.05, 0) is 55.5 Å². The molecule has 11 heteroatoms. The first-order chi connectivity index (χ1) is 19.9. The van der Waals surface area contributed by atoms with Gasteiger partial charge in [0.05, 0.1) is 23.9 Å². The number of nitrogens with zero attached hydrogens (tertiary/aromatic N) is 8. The number of aliphatic hydroxyl groups is 1.